The summed E-state index contributed by atoms with van der Waals surface area (Å²) in [7, 11) is -1.76. The number of aromatic carboxylic acids is 1. The van der Waals surface area contributed by atoms with Crippen LogP contribution in [0.1, 0.15) is 50.5 Å². The molecule has 0 aliphatic heterocycles. The van der Waals surface area contributed by atoms with Crippen LogP contribution in [0.5, 0.6) is 0 Å². The summed E-state index contributed by atoms with van der Waals surface area (Å²) in [6, 6.07) is 10.8. The first-order valence-corrected chi connectivity index (χ1v) is 11.3. The van der Waals surface area contributed by atoms with Gasteiger partial charge in [-0.1, -0.05) is 39.8 Å². The molecule has 1 aromatic carbocycles. The van der Waals surface area contributed by atoms with Crippen LogP contribution in [0.3, 0.4) is 0 Å². The maximum atomic E-state index is 10.9. The number of carboxylic acid groups (broad SMARTS) is 1. The van der Waals surface area contributed by atoms with Gasteiger partial charge in [0.25, 0.3) is 0 Å². The van der Waals surface area contributed by atoms with Crippen LogP contribution in [0.25, 0.3) is 0 Å². The van der Waals surface area contributed by atoms with Crippen molar-refractivity contribution in [1.29, 1.82) is 0 Å². The van der Waals surface area contributed by atoms with Crippen molar-refractivity contribution in [3.63, 3.8) is 0 Å². The molecule has 0 aliphatic carbocycles. The van der Waals surface area contributed by atoms with Gasteiger partial charge in [0.15, 0.2) is 8.32 Å². The van der Waals surface area contributed by atoms with E-state index in [1.54, 1.807) is 12.1 Å². The molecule has 1 N–H and O–H groups in total. The van der Waals surface area contributed by atoms with Crippen LogP contribution < -0.4 is 0 Å². The van der Waals surface area contributed by atoms with Crippen molar-refractivity contribution < 1.29 is 14.3 Å². The molecule has 4 heteroatoms. The average Bonchev–Trinajstić information content (AvgIpc) is 2.44. The standard InChI is InChI=1S/C19H32O3Si/c1-6-22-23(13-15(2)3,14-16(4)5)12-11-17-7-9-18(10-8-17)19(20)21/h7-10,15-16H,6,11-14H2,1-5H3,(H,20,21). The molecular weight excluding hydrogens is 304 g/mol. The molecule has 0 saturated carbocycles. The number of rotatable bonds is 10. The first-order valence-electron chi connectivity index (χ1n) is 8.74. The van der Waals surface area contributed by atoms with Gasteiger partial charge in [-0.3, -0.25) is 0 Å². The molecule has 0 aliphatic rings. The Morgan fingerprint density at radius 2 is 1.61 bits per heavy atom. The smallest absolute Gasteiger partial charge is 0.335 e. The second kappa shape index (κ2) is 9.23. The quantitative estimate of drug-likeness (QED) is 0.596. The number of benzene rings is 1. The van der Waals surface area contributed by atoms with Gasteiger partial charge in [-0.2, -0.15) is 0 Å². The third-order valence-electron chi connectivity index (χ3n) is 4.08. The molecule has 0 radical (unpaired) electrons. The highest BCUT2D eigenvalue weighted by molar-refractivity contribution is 6.74. The minimum absolute atomic E-state index is 0.353. The number of aryl methyl sites for hydroxylation is 1. The highest BCUT2D eigenvalue weighted by Gasteiger charge is 2.35. The summed E-state index contributed by atoms with van der Waals surface area (Å²) >= 11 is 0. The topological polar surface area (TPSA) is 46.5 Å². The van der Waals surface area contributed by atoms with Crippen molar-refractivity contribution in [3.05, 3.63) is 35.4 Å². The predicted octanol–water partition coefficient (Wildman–Crippen LogP) is 5.22. The van der Waals surface area contributed by atoms with Crippen molar-refractivity contribution in [3.8, 4) is 0 Å². The van der Waals surface area contributed by atoms with Crippen molar-refractivity contribution in [1.82, 2.24) is 0 Å². The summed E-state index contributed by atoms with van der Waals surface area (Å²) < 4.78 is 6.38. The van der Waals surface area contributed by atoms with Crippen LogP contribution in [0, 0.1) is 11.8 Å². The fourth-order valence-corrected chi connectivity index (χ4v) is 8.75. The largest absolute Gasteiger partial charge is 0.478 e. The predicted molar refractivity (Wildman–Crippen MR) is 98.6 cm³/mol. The fourth-order valence-electron chi connectivity index (χ4n) is 3.46. The minimum Gasteiger partial charge on any atom is -0.478 e. The molecule has 0 spiro atoms. The van der Waals surface area contributed by atoms with Gasteiger partial charge in [-0.15, -0.1) is 0 Å². The lowest BCUT2D eigenvalue weighted by molar-refractivity contribution is 0.0697. The molecule has 0 atom stereocenters. The Morgan fingerprint density at radius 3 is 2.00 bits per heavy atom. The van der Waals surface area contributed by atoms with E-state index in [0.29, 0.717) is 17.4 Å². The molecule has 0 saturated heterocycles. The lowest BCUT2D eigenvalue weighted by atomic mass is 10.1. The van der Waals surface area contributed by atoms with Crippen LogP contribution in [-0.4, -0.2) is 26.0 Å². The molecule has 0 fully saturated rings. The maximum absolute atomic E-state index is 10.9. The molecule has 1 rings (SSSR count). The highest BCUT2D eigenvalue weighted by atomic mass is 28.4. The van der Waals surface area contributed by atoms with Crippen LogP contribution in [0.4, 0.5) is 0 Å². The first-order chi connectivity index (χ1) is 10.8. The van der Waals surface area contributed by atoms with E-state index in [4.69, 9.17) is 9.53 Å². The maximum Gasteiger partial charge on any atom is 0.335 e. The molecule has 130 valence electrons. The Kier molecular flexibility index (Phi) is 7.99. The second-order valence-electron chi connectivity index (χ2n) is 7.31. The summed E-state index contributed by atoms with van der Waals surface area (Å²) in [6.45, 7) is 12.0. The van der Waals surface area contributed by atoms with E-state index in [9.17, 15) is 4.79 Å². The van der Waals surface area contributed by atoms with Gasteiger partial charge < -0.3 is 9.53 Å². The monoisotopic (exact) mass is 336 g/mol. The van der Waals surface area contributed by atoms with Crippen molar-refractivity contribution in [2.24, 2.45) is 11.8 Å². The van der Waals surface area contributed by atoms with Crippen molar-refractivity contribution >= 4 is 14.3 Å². The van der Waals surface area contributed by atoms with Gasteiger partial charge >= 0.3 is 5.97 Å². The van der Waals surface area contributed by atoms with Gasteiger partial charge in [0, 0.05) is 6.61 Å². The van der Waals surface area contributed by atoms with Gasteiger partial charge in [0.05, 0.1) is 5.56 Å². The zero-order valence-corrected chi connectivity index (χ0v) is 16.3. The lowest BCUT2D eigenvalue weighted by Crippen LogP contribution is -2.41. The molecule has 1 aromatic rings. The highest BCUT2D eigenvalue weighted by Crippen LogP contribution is 2.31. The molecule has 0 amide bonds. The molecule has 0 unspecified atom stereocenters. The van der Waals surface area contributed by atoms with Crippen molar-refractivity contribution in [2.45, 2.75) is 59.2 Å². The van der Waals surface area contributed by atoms with E-state index in [1.165, 1.54) is 17.7 Å². The van der Waals surface area contributed by atoms with E-state index in [1.807, 2.05) is 12.1 Å². The summed E-state index contributed by atoms with van der Waals surface area (Å²) in [6.07, 6.45) is 0.978. The summed E-state index contributed by atoms with van der Waals surface area (Å²) in [4.78, 5) is 10.9. The number of hydrogen-bond donors (Lipinski definition) is 1. The van der Waals surface area contributed by atoms with Crippen LogP contribution in [0.15, 0.2) is 24.3 Å². The number of carbonyl (C=O) groups is 1. The van der Waals surface area contributed by atoms with Crippen LogP contribution in [0.2, 0.25) is 18.1 Å². The molecule has 0 aromatic heterocycles. The van der Waals surface area contributed by atoms with Gasteiger partial charge in [0.2, 0.25) is 0 Å². The van der Waals surface area contributed by atoms with Crippen LogP contribution >= 0.6 is 0 Å². The zero-order valence-electron chi connectivity index (χ0n) is 15.3. The summed E-state index contributed by atoms with van der Waals surface area (Å²) in [5.74, 6) is 0.442. The van der Waals surface area contributed by atoms with E-state index >= 15 is 0 Å². The molecule has 3 nitrogen and oxygen atoms in total. The summed E-state index contributed by atoms with van der Waals surface area (Å²) in [5.41, 5.74) is 1.56. The number of carboxylic acids is 1. The van der Waals surface area contributed by atoms with Gasteiger partial charge in [0.1, 0.15) is 0 Å². The molecule has 0 bridgehead atoms. The Bertz CT molecular complexity index is 470. The van der Waals surface area contributed by atoms with Gasteiger partial charge in [-0.05, 0) is 61.0 Å². The Labute approximate surface area is 142 Å². The van der Waals surface area contributed by atoms with E-state index in [2.05, 4.69) is 34.6 Å². The number of hydrogen-bond acceptors (Lipinski definition) is 2. The third kappa shape index (κ3) is 6.88. The average molecular weight is 337 g/mol. The lowest BCUT2D eigenvalue weighted by Gasteiger charge is -2.34. The van der Waals surface area contributed by atoms with E-state index in [0.717, 1.165) is 19.1 Å². The third-order valence-corrected chi connectivity index (χ3v) is 9.26. The van der Waals surface area contributed by atoms with Crippen LogP contribution in [-0.2, 0) is 10.8 Å². The second-order valence-corrected chi connectivity index (χ2v) is 11.3. The summed E-state index contributed by atoms with van der Waals surface area (Å²) in [5, 5.41) is 8.99. The Hall–Kier alpha value is -1.13. The van der Waals surface area contributed by atoms with E-state index in [-0.39, 0.29) is 0 Å². The fraction of sp³-hybridized carbons (Fsp3) is 0.632. The minimum atomic E-state index is -1.76. The Morgan fingerprint density at radius 1 is 1.09 bits per heavy atom. The molecule has 23 heavy (non-hydrogen) atoms. The SMILES string of the molecule is CCO[Si](CCc1ccc(C(=O)O)cc1)(CC(C)C)CC(C)C. The molecule has 0 heterocycles. The molecular formula is C19H32O3Si. The van der Waals surface area contributed by atoms with Gasteiger partial charge in [-0.25, -0.2) is 4.79 Å². The normalized spacial score (nSPS) is 12.1. The first kappa shape index (κ1) is 19.9. The van der Waals surface area contributed by atoms with Crippen molar-refractivity contribution in [2.75, 3.05) is 6.61 Å². The van der Waals surface area contributed by atoms with E-state index < -0.39 is 14.3 Å². The Balaban J connectivity index is 2.84. The zero-order chi connectivity index (χ0) is 17.5.